The number of carboxylic acid groups (broad SMARTS) is 1. The number of hydrogen-bond donors (Lipinski definition) is 1. The average molecular weight is 352 g/mol. The highest BCUT2D eigenvalue weighted by molar-refractivity contribution is 5.88. The molecule has 0 spiro atoms. The van der Waals surface area contributed by atoms with E-state index < -0.39 is 29.4 Å². The minimum absolute atomic E-state index is 0.101. The molecule has 0 aliphatic heterocycles. The van der Waals surface area contributed by atoms with Crippen LogP contribution in [0.2, 0.25) is 0 Å². The van der Waals surface area contributed by atoms with E-state index in [4.69, 9.17) is 5.11 Å². The molecule has 0 amide bonds. The number of aryl methyl sites for hydroxylation is 2. The summed E-state index contributed by atoms with van der Waals surface area (Å²) in [5.74, 6) is -4.27. The second-order valence-corrected chi connectivity index (χ2v) is 5.84. The molecule has 0 saturated carbocycles. The maximum Gasteiger partial charge on any atom is 0.399 e. The maximum atomic E-state index is 13.7. The van der Waals surface area contributed by atoms with Crippen LogP contribution in [0.25, 0.3) is 6.08 Å². The molecule has 0 saturated heterocycles. The van der Waals surface area contributed by atoms with Crippen molar-refractivity contribution in [2.75, 3.05) is 0 Å². The molecule has 2 aromatic carbocycles. The minimum atomic E-state index is -4.50. The van der Waals surface area contributed by atoms with Crippen molar-refractivity contribution in [1.82, 2.24) is 0 Å². The van der Waals surface area contributed by atoms with Crippen LogP contribution in [-0.2, 0) is 0 Å². The topological polar surface area (TPSA) is 37.3 Å². The number of hydrogen-bond acceptors (Lipinski definition) is 1. The minimum Gasteiger partial charge on any atom is -0.478 e. The van der Waals surface area contributed by atoms with Gasteiger partial charge in [-0.15, -0.1) is 0 Å². The molecule has 6 heteroatoms. The summed E-state index contributed by atoms with van der Waals surface area (Å²) in [4.78, 5) is 10.8. The zero-order chi connectivity index (χ0) is 18.8. The average Bonchev–Trinajstić information content (AvgIpc) is 2.44. The van der Waals surface area contributed by atoms with Gasteiger partial charge in [0.05, 0.1) is 11.5 Å². The molecule has 0 aromatic heterocycles. The van der Waals surface area contributed by atoms with E-state index in [1.54, 1.807) is 19.9 Å². The predicted octanol–water partition coefficient (Wildman–Crippen LogP) is 5.50. The maximum absolute atomic E-state index is 13.7. The Balaban J connectivity index is 2.39. The Hall–Kier alpha value is -2.63. The normalized spacial score (nSPS) is 13.2. The quantitative estimate of drug-likeness (QED) is 0.738. The molecule has 1 unspecified atom stereocenters. The largest absolute Gasteiger partial charge is 0.478 e. The van der Waals surface area contributed by atoms with E-state index in [1.165, 1.54) is 18.2 Å². The van der Waals surface area contributed by atoms with Crippen LogP contribution in [0.4, 0.5) is 17.6 Å². The Morgan fingerprint density at radius 1 is 1.08 bits per heavy atom. The van der Waals surface area contributed by atoms with Crippen LogP contribution in [0.5, 0.6) is 0 Å². The first-order valence-electron chi connectivity index (χ1n) is 7.44. The van der Waals surface area contributed by atoms with Crippen molar-refractivity contribution in [3.63, 3.8) is 0 Å². The van der Waals surface area contributed by atoms with E-state index in [1.807, 2.05) is 0 Å². The third-order valence-corrected chi connectivity index (χ3v) is 3.66. The first-order chi connectivity index (χ1) is 11.6. The molecule has 0 aliphatic rings. The molecule has 2 rings (SSSR count). The van der Waals surface area contributed by atoms with Crippen molar-refractivity contribution in [3.8, 4) is 0 Å². The number of aromatic carboxylic acids is 1. The number of halogens is 4. The van der Waals surface area contributed by atoms with Crippen molar-refractivity contribution in [2.24, 2.45) is 0 Å². The van der Waals surface area contributed by atoms with Gasteiger partial charge in [-0.25, -0.2) is 9.18 Å². The lowest BCUT2D eigenvalue weighted by Crippen LogP contribution is -2.19. The van der Waals surface area contributed by atoms with E-state index in [-0.39, 0.29) is 11.1 Å². The van der Waals surface area contributed by atoms with Crippen LogP contribution in [0.1, 0.15) is 38.5 Å². The Morgan fingerprint density at radius 2 is 1.68 bits per heavy atom. The van der Waals surface area contributed by atoms with Gasteiger partial charge in [0.25, 0.3) is 0 Å². The lowest BCUT2D eigenvalue weighted by molar-refractivity contribution is -0.139. The highest BCUT2D eigenvalue weighted by Gasteiger charge is 2.39. The fourth-order valence-corrected chi connectivity index (χ4v) is 2.61. The predicted molar refractivity (Wildman–Crippen MR) is 87.1 cm³/mol. The second kappa shape index (κ2) is 7.09. The third kappa shape index (κ3) is 4.68. The summed E-state index contributed by atoms with van der Waals surface area (Å²) in [7, 11) is 0. The summed E-state index contributed by atoms with van der Waals surface area (Å²) >= 11 is 0. The van der Waals surface area contributed by atoms with Crippen LogP contribution < -0.4 is 0 Å². The summed E-state index contributed by atoms with van der Waals surface area (Å²) < 4.78 is 53.9. The standard InChI is InChI=1S/C19H16F4O2/c1-11-7-12(2)9-14(8-11)16(19(21,22)23)6-4-13-3-5-15(18(24)25)17(20)10-13/h3-10,16H,1-2H3,(H,24,25)/b6-4+. The molecule has 1 N–H and O–H groups in total. The van der Waals surface area contributed by atoms with Gasteiger partial charge in [0.2, 0.25) is 0 Å². The van der Waals surface area contributed by atoms with Crippen molar-refractivity contribution in [2.45, 2.75) is 25.9 Å². The van der Waals surface area contributed by atoms with Crippen molar-refractivity contribution < 1.29 is 27.5 Å². The molecule has 1 atom stereocenters. The SMILES string of the molecule is Cc1cc(C)cc(C(/C=C/c2ccc(C(=O)O)c(F)c2)C(F)(F)F)c1. The lowest BCUT2D eigenvalue weighted by Gasteiger charge is -2.18. The number of allylic oxidation sites excluding steroid dienone is 1. The third-order valence-electron chi connectivity index (χ3n) is 3.66. The van der Waals surface area contributed by atoms with Crippen LogP contribution in [0.3, 0.4) is 0 Å². The number of alkyl halides is 3. The molecule has 132 valence electrons. The molecule has 0 fully saturated rings. The summed E-state index contributed by atoms with van der Waals surface area (Å²) in [6.07, 6.45) is -2.41. The molecule has 0 radical (unpaired) electrons. The smallest absolute Gasteiger partial charge is 0.399 e. The van der Waals surface area contributed by atoms with Gasteiger partial charge < -0.3 is 5.11 Å². The molecule has 0 aliphatic carbocycles. The first-order valence-corrected chi connectivity index (χ1v) is 7.44. The first kappa shape index (κ1) is 18.7. The van der Waals surface area contributed by atoms with Crippen molar-refractivity contribution in [1.29, 1.82) is 0 Å². The van der Waals surface area contributed by atoms with E-state index in [9.17, 15) is 22.4 Å². The Labute approximate surface area is 142 Å². The number of carboxylic acids is 1. The molecular weight excluding hydrogens is 336 g/mol. The fraction of sp³-hybridized carbons (Fsp3) is 0.211. The van der Waals surface area contributed by atoms with Gasteiger partial charge in [-0.1, -0.05) is 47.5 Å². The van der Waals surface area contributed by atoms with Gasteiger partial charge in [0.1, 0.15) is 5.82 Å². The number of rotatable bonds is 4. The molecule has 25 heavy (non-hydrogen) atoms. The van der Waals surface area contributed by atoms with Crippen LogP contribution >= 0.6 is 0 Å². The Bertz CT molecular complexity index is 802. The van der Waals surface area contributed by atoms with Gasteiger partial charge >= 0.3 is 12.1 Å². The molecule has 2 nitrogen and oxygen atoms in total. The zero-order valence-electron chi connectivity index (χ0n) is 13.6. The van der Waals surface area contributed by atoms with Gasteiger partial charge in [-0.05, 0) is 37.1 Å². The van der Waals surface area contributed by atoms with Gasteiger partial charge in [-0.2, -0.15) is 13.2 Å². The van der Waals surface area contributed by atoms with E-state index in [2.05, 4.69) is 0 Å². The number of benzene rings is 2. The van der Waals surface area contributed by atoms with E-state index >= 15 is 0 Å². The zero-order valence-corrected chi connectivity index (χ0v) is 13.6. The van der Waals surface area contributed by atoms with Crippen molar-refractivity contribution >= 4 is 12.0 Å². The monoisotopic (exact) mass is 352 g/mol. The fourth-order valence-electron chi connectivity index (χ4n) is 2.61. The van der Waals surface area contributed by atoms with Crippen molar-refractivity contribution in [3.05, 3.63) is 76.1 Å². The summed E-state index contributed by atoms with van der Waals surface area (Å²) in [6.45, 7) is 3.43. The van der Waals surface area contributed by atoms with Crippen LogP contribution in [0.15, 0.2) is 42.5 Å². The molecule has 2 aromatic rings. The Kier molecular flexibility index (Phi) is 5.30. The highest BCUT2D eigenvalue weighted by Crippen LogP contribution is 2.37. The van der Waals surface area contributed by atoms with E-state index in [0.29, 0.717) is 0 Å². The van der Waals surface area contributed by atoms with Crippen LogP contribution in [-0.4, -0.2) is 17.3 Å². The van der Waals surface area contributed by atoms with Crippen LogP contribution in [0, 0.1) is 19.7 Å². The number of carbonyl (C=O) groups is 1. The molecule has 0 bridgehead atoms. The van der Waals surface area contributed by atoms with E-state index in [0.717, 1.165) is 35.4 Å². The molecule has 0 heterocycles. The summed E-state index contributed by atoms with van der Waals surface area (Å²) in [5, 5.41) is 8.78. The molecular formula is C19H16F4O2. The van der Waals surface area contributed by atoms with Gasteiger partial charge in [-0.3, -0.25) is 0 Å². The van der Waals surface area contributed by atoms with Gasteiger partial charge in [0.15, 0.2) is 0 Å². The summed E-state index contributed by atoms with van der Waals surface area (Å²) in [6, 6.07) is 7.89. The summed E-state index contributed by atoms with van der Waals surface area (Å²) in [5.41, 5.74) is 1.16. The second-order valence-electron chi connectivity index (χ2n) is 5.84. The van der Waals surface area contributed by atoms with Gasteiger partial charge in [0, 0.05) is 0 Å². The lowest BCUT2D eigenvalue weighted by atomic mass is 9.94. The Morgan fingerprint density at radius 3 is 2.16 bits per heavy atom. The highest BCUT2D eigenvalue weighted by atomic mass is 19.4.